The highest BCUT2D eigenvalue weighted by Gasteiger charge is 2.24. The summed E-state index contributed by atoms with van der Waals surface area (Å²) in [7, 11) is 0. The number of nitrogens with one attached hydrogen (secondary N) is 1. The Labute approximate surface area is 103 Å². The van der Waals surface area contributed by atoms with E-state index in [1.165, 1.54) is 25.7 Å². The van der Waals surface area contributed by atoms with Crippen LogP contribution in [0.1, 0.15) is 64.3 Å². The standard InChI is InChI=1S/C13H23N3O/c1-4-12-15-16-13(17-12)10(3)14-11-8-6-5-7-9(11)2/h9-11,14H,4-8H2,1-3H3/t9-,10+,11+/m1/s1. The van der Waals surface area contributed by atoms with Crippen molar-refractivity contribution in [3.8, 4) is 0 Å². The molecule has 4 heteroatoms. The van der Waals surface area contributed by atoms with Gasteiger partial charge in [-0.1, -0.05) is 26.7 Å². The molecule has 1 heterocycles. The van der Waals surface area contributed by atoms with E-state index in [2.05, 4.69) is 29.4 Å². The average molecular weight is 237 g/mol. The fourth-order valence-corrected chi connectivity index (χ4v) is 2.54. The first-order valence-corrected chi connectivity index (χ1v) is 6.79. The minimum Gasteiger partial charge on any atom is -0.424 e. The maximum Gasteiger partial charge on any atom is 0.233 e. The Kier molecular flexibility index (Phi) is 4.15. The number of aryl methyl sites for hydroxylation is 1. The van der Waals surface area contributed by atoms with Gasteiger partial charge < -0.3 is 9.73 Å². The van der Waals surface area contributed by atoms with E-state index in [0.29, 0.717) is 6.04 Å². The van der Waals surface area contributed by atoms with Crippen LogP contribution in [0.25, 0.3) is 0 Å². The van der Waals surface area contributed by atoms with Gasteiger partial charge in [0.25, 0.3) is 0 Å². The molecular formula is C13H23N3O. The second kappa shape index (κ2) is 5.63. The summed E-state index contributed by atoms with van der Waals surface area (Å²) in [5.74, 6) is 2.20. The second-order valence-corrected chi connectivity index (χ2v) is 5.14. The van der Waals surface area contributed by atoms with Crippen molar-refractivity contribution in [1.29, 1.82) is 0 Å². The average Bonchev–Trinajstić information content (AvgIpc) is 2.81. The second-order valence-electron chi connectivity index (χ2n) is 5.14. The predicted octanol–water partition coefficient (Wildman–Crippen LogP) is 2.86. The summed E-state index contributed by atoms with van der Waals surface area (Å²) < 4.78 is 5.59. The van der Waals surface area contributed by atoms with Gasteiger partial charge in [-0.25, -0.2) is 0 Å². The largest absolute Gasteiger partial charge is 0.424 e. The summed E-state index contributed by atoms with van der Waals surface area (Å²) in [6.45, 7) is 6.46. The van der Waals surface area contributed by atoms with Crippen molar-refractivity contribution < 1.29 is 4.42 Å². The molecule has 4 nitrogen and oxygen atoms in total. The fraction of sp³-hybridized carbons (Fsp3) is 0.846. The lowest BCUT2D eigenvalue weighted by atomic mass is 9.85. The molecule has 96 valence electrons. The zero-order chi connectivity index (χ0) is 12.3. The van der Waals surface area contributed by atoms with Crippen molar-refractivity contribution in [1.82, 2.24) is 15.5 Å². The van der Waals surface area contributed by atoms with Gasteiger partial charge in [-0.05, 0) is 25.7 Å². The molecule has 17 heavy (non-hydrogen) atoms. The molecule has 0 radical (unpaired) electrons. The molecule has 3 atom stereocenters. The number of nitrogens with zero attached hydrogens (tertiary/aromatic N) is 2. The van der Waals surface area contributed by atoms with E-state index in [1.807, 2.05) is 6.92 Å². The van der Waals surface area contributed by atoms with Gasteiger partial charge in [-0.3, -0.25) is 0 Å². The van der Waals surface area contributed by atoms with Crippen molar-refractivity contribution in [2.45, 2.75) is 65.0 Å². The van der Waals surface area contributed by atoms with E-state index in [4.69, 9.17) is 4.42 Å². The van der Waals surface area contributed by atoms with Crippen LogP contribution in [0, 0.1) is 5.92 Å². The zero-order valence-corrected chi connectivity index (χ0v) is 11.1. The first kappa shape index (κ1) is 12.6. The molecule has 1 aromatic heterocycles. The van der Waals surface area contributed by atoms with Crippen LogP contribution >= 0.6 is 0 Å². The quantitative estimate of drug-likeness (QED) is 0.874. The maximum absolute atomic E-state index is 5.59. The van der Waals surface area contributed by atoms with Gasteiger partial charge in [0, 0.05) is 12.5 Å². The first-order chi connectivity index (χ1) is 8.20. The summed E-state index contributed by atoms with van der Waals surface area (Å²) in [6.07, 6.45) is 6.10. The van der Waals surface area contributed by atoms with Gasteiger partial charge in [0.15, 0.2) is 0 Å². The molecule has 0 saturated heterocycles. The topological polar surface area (TPSA) is 51.0 Å². The molecular weight excluding hydrogens is 214 g/mol. The number of rotatable bonds is 4. The molecule has 0 bridgehead atoms. The first-order valence-electron chi connectivity index (χ1n) is 6.79. The van der Waals surface area contributed by atoms with E-state index in [-0.39, 0.29) is 6.04 Å². The van der Waals surface area contributed by atoms with E-state index in [1.54, 1.807) is 0 Å². The van der Waals surface area contributed by atoms with Crippen molar-refractivity contribution in [2.75, 3.05) is 0 Å². The van der Waals surface area contributed by atoms with Crippen molar-refractivity contribution >= 4 is 0 Å². The SMILES string of the molecule is CCc1nnc([C@H](C)N[C@H]2CCCC[C@H]2C)o1. The molecule has 1 aliphatic carbocycles. The summed E-state index contributed by atoms with van der Waals surface area (Å²) in [4.78, 5) is 0. The van der Waals surface area contributed by atoms with Gasteiger partial charge in [0.2, 0.25) is 11.8 Å². The van der Waals surface area contributed by atoms with E-state index < -0.39 is 0 Å². The van der Waals surface area contributed by atoms with E-state index in [0.717, 1.165) is 24.1 Å². The lowest BCUT2D eigenvalue weighted by Gasteiger charge is -2.31. The molecule has 0 unspecified atom stereocenters. The molecule has 0 aliphatic heterocycles. The fourth-order valence-electron chi connectivity index (χ4n) is 2.54. The third kappa shape index (κ3) is 3.06. The third-order valence-corrected chi connectivity index (χ3v) is 3.73. The van der Waals surface area contributed by atoms with Crippen LogP contribution in [0.3, 0.4) is 0 Å². The van der Waals surface area contributed by atoms with Crippen LogP contribution in [0.4, 0.5) is 0 Å². The Bertz CT molecular complexity index is 350. The Balaban J connectivity index is 1.93. The molecule has 0 aromatic carbocycles. The lowest BCUT2D eigenvalue weighted by Crippen LogP contribution is -2.38. The van der Waals surface area contributed by atoms with Crippen LogP contribution in [0.5, 0.6) is 0 Å². The Morgan fingerprint density at radius 2 is 2.12 bits per heavy atom. The van der Waals surface area contributed by atoms with Crippen LogP contribution in [0.15, 0.2) is 4.42 Å². The highest BCUT2D eigenvalue weighted by molar-refractivity contribution is 4.91. The molecule has 0 spiro atoms. The monoisotopic (exact) mass is 237 g/mol. The Morgan fingerprint density at radius 3 is 2.76 bits per heavy atom. The minimum absolute atomic E-state index is 0.161. The summed E-state index contributed by atoms with van der Waals surface area (Å²) in [5, 5.41) is 11.7. The summed E-state index contributed by atoms with van der Waals surface area (Å²) >= 11 is 0. The number of hydrogen-bond acceptors (Lipinski definition) is 4. The predicted molar refractivity (Wildman–Crippen MR) is 66.6 cm³/mol. The Morgan fingerprint density at radius 1 is 1.35 bits per heavy atom. The smallest absolute Gasteiger partial charge is 0.233 e. The molecule has 2 rings (SSSR count). The highest BCUT2D eigenvalue weighted by atomic mass is 16.4. The van der Waals surface area contributed by atoms with Crippen molar-refractivity contribution in [2.24, 2.45) is 5.92 Å². The molecule has 1 N–H and O–H groups in total. The third-order valence-electron chi connectivity index (χ3n) is 3.73. The van der Waals surface area contributed by atoms with Crippen LogP contribution < -0.4 is 5.32 Å². The molecule has 1 saturated carbocycles. The van der Waals surface area contributed by atoms with Gasteiger partial charge in [-0.2, -0.15) is 0 Å². The van der Waals surface area contributed by atoms with E-state index in [9.17, 15) is 0 Å². The molecule has 1 aliphatic rings. The maximum atomic E-state index is 5.59. The van der Waals surface area contributed by atoms with Gasteiger partial charge in [-0.15, -0.1) is 10.2 Å². The minimum atomic E-state index is 0.161. The number of hydrogen-bond donors (Lipinski definition) is 1. The normalized spacial score (nSPS) is 27.0. The molecule has 1 aromatic rings. The summed E-state index contributed by atoms with van der Waals surface area (Å²) in [5.41, 5.74) is 0. The zero-order valence-electron chi connectivity index (χ0n) is 11.1. The molecule has 0 amide bonds. The summed E-state index contributed by atoms with van der Waals surface area (Å²) in [6, 6.07) is 0.754. The van der Waals surface area contributed by atoms with Crippen LogP contribution in [-0.2, 0) is 6.42 Å². The highest BCUT2D eigenvalue weighted by Crippen LogP contribution is 2.26. The van der Waals surface area contributed by atoms with Gasteiger partial charge >= 0.3 is 0 Å². The van der Waals surface area contributed by atoms with Gasteiger partial charge in [0.1, 0.15) is 0 Å². The van der Waals surface area contributed by atoms with Crippen molar-refractivity contribution in [3.05, 3.63) is 11.8 Å². The van der Waals surface area contributed by atoms with Gasteiger partial charge in [0.05, 0.1) is 6.04 Å². The van der Waals surface area contributed by atoms with Crippen LogP contribution in [-0.4, -0.2) is 16.2 Å². The van der Waals surface area contributed by atoms with Crippen LogP contribution in [0.2, 0.25) is 0 Å². The number of aromatic nitrogens is 2. The Hall–Kier alpha value is -0.900. The van der Waals surface area contributed by atoms with Crippen molar-refractivity contribution in [3.63, 3.8) is 0 Å². The lowest BCUT2D eigenvalue weighted by molar-refractivity contribution is 0.249. The van der Waals surface area contributed by atoms with E-state index >= 15 is 0 Å². The molecule has 1 fully saturated rings.